The third-order valence-corrected chi connectivity index (χ3v) is 27.8. The van der Waals surface area contributed by atoms with Gasteiger partial charge in [-0.2, -0.15) is 0 Å². The van der Waals surface area contributed by atoms with E-state index in [1.54, 1.807) is 0 Å². The lowest BCUT2D eigenvalue weighted by Crippen LogP contribution is -2.61. The first kappa shape index (κ1) is 68.2. The first-order chi connectivity index (χ1) is 54.2. The van der Waals surface area contributed by atoms with Crippen molar-refractivity contribution in [1.29, 1.82) is 0 Å². The first-order valence-corrected chi connectivity index (χ1v) is 41.3. The van der Waals surface area contributed by atoms with Gasteiger partial charge in [-0.25, -0.2) is 0 Å². The molecule has 0 spiro atoms. The molecule has 0 fully saturated rings. The summed E-state index contributed by atoms with van der Waals surface area (Å²) in [7, 11) is 0. The van der Waals surface area contributed by atoms with Crippen molar-refractivity contribution in [2.75, 3.05) is 9.80 Å². The third-order valence-electron chi connectivity index (χ3n) is 27.8. The van der Waals surface area contributed by atoms with Gasteiger partial charge in [-0.15, -0.1) is 0 Å². The average Bonchev–Trinajstić information content (AvgIpc) is 1.43. The maximum Gasteiger partial charge on any atom is 0.252 e. The molecular weight excluding hydrogens is 1360 g/mol. The topological polar surface area (TPSA) is 15.3 Å². The summed E-state index contributed by atoms with van der Waals surface area (Å²) in [6.07, 6.45) is 4.70. The molecule has 0 bridgehead atoms. The normalized spacial score (nSPS) is 16.1. The van der Waals surface area contributed by atoms with Gasteiger partial charge in [0.1, 0.15) is 0 Å². The van der Waals surface area contributed by atoms with Gasteiger partial charge in [-0.05, 0) is 261 Å². The molecule has 0 saturated carbocycles. The molecule has 0 amide bonds. The van der Waals surface area contributed by atoms with Crippen molar-refractivity contribution in [3.05, 3.63) is 306 Å². The zero-order valence-corrected chi connectivity index (χ0v) is 67.7. The Labute approximate surface area is 664 Å². The van der Waals surface area contributed by atoms with E-state index in [1.165, 1.54) is 230 Å². The zero-order chi connectivity index (χ0) is 77.1. The molecule has 0 radical (unpaired) electrons. The molecule has 4 aromatic heterocycles. The number of benzene rings is 14. The molecule has 0 atom stereocenters. The molecule has 5 heteroatoms. The maximum absolute atomic E-state index is 2.67. The number of anilines is 6. The molecule has 14 aromatic carbocycles. The first-order valence-electron chi connectivity index (χ1n) is 41.3. The predicted molar refractivity (Wildman–Crippen MR) is 485 cm³/mol. The maximum atomic E-state index is 2.67. The van der Waals surface area contributed by atoms with Crippen LogP contribution in [0.25, 0.3) is 132 Å². The molecule has 113 heavy (non-hydrogen) atoms. The Morgan fingerprint density at radius 2 is 0.549 bits per heavy atom. The summed E-state index contributed by atoms with van der Waals surface area (Å²) in [5, 5.41) is 10.2. The Morgan fingerprint density at radius 3 is 0.903 bits per heavy atom. The molecule has 4 nitrogen and oxygen atoms in total. The van der Waals surface area contributed by atoms with E-state index >= 15 is 0 Å². The summed E-state index contributed by atoms with van der Waals surface area (Å²) in [6, 6.07) is 108. The van der Waals surface area contributed by atoms with Crippen molar-refractivity contribution in [2.45, 2.75) is 155 Å². The van der Waals surface area contributed by atoms with Crippen molar-refractivity contribution in [3.8, 4) is 55.6 Å². The van der Waals surface area contributed by atoms with Crippen LogP contribution in [0.4, 0.5) is 34.1 Å². The standard InChI is InChI=1S/C108H95BN4/c1-103(2,3)74-51-70(52-75(63-74)104(4,5)6)73-61-98-100-99(62-73)111(77-41-33-65(34-42-77)67-36-44-87-89(58-67)108(13,14)50-48-106(87,9)10)97-60-69(72-55-84-80-25-17-21-29-94(80)113-95-30-22-18-26-81(95)85(56-72)102(84)113)38-46-91(97)109(100)90-45-37-68(71-53-82-78-23-15-19-27-92(78)112-93-28-20-16-24-79(93)83(54-71)101(82)112)59-96(90)110(98)76-39-31-64(32-40-76)66-35-43-86-88(57-66)107(11,12)49-47-105(86,7)8/h15-46,51-63H,47-50H2,1-14H3. The molecular formula is C108H95BN4. The summed E-state index contributed by atoms with van der Waals surface area (Å²) in [4.78, 5) is 5.34. The number of rotatable bonds is 7. The van der Waals surface area contributed by atoms with Gasteiger partial charge in [-0.3, -0.25) is 0 Å². The van der Waals surface area contributed by atoms with Crippen molar-refractivity contribution in [2.24, 2.45) is 0 Å². The van der Waals surface area contributed by atoms with Gasteiger partial charge in [0, 0.05) is 77.2 Å². The van der Waals surface area contributed by atoms with Gasteiger partial charge in [0.2, 0.25) is 0 Å². The second kappa shape index (κ2) is 23.5. The smallest absolute Gasteiger partial charge is 0.252 e. The van der Waals surface area contributed by atoms with E-state index in [9.17, 15) is 0 Å². The van der Waals surface area contributed by atoms with Crippen LogP contribution in [0.15, 0.2) is 273 Å². The fraction of sp³-hybridized carbons (Fsp3) is 0.222. The van der Waals surface area contributed by atoms with Gasteiger partial charge in [-0.1, -0.05) is 273 Å². The minimum atomic E-state index is -0.166. The highest BCUT2D eigenvalue weighted by molar-refractivity contribution is 7.00. The van der Waals surface area contributed by atoms with E-state index in [1.807, 2.05) is 0 Å². The van der Waals surface area contributed by atoms with E-state index in [4.69, 9.17) is 0 Å². The highest BCUT2D eigenvalue weighted by Crippen LogP contribution is 2.54. The van der Waals surface area contributed by atoms with Crippen LogP contribution in [0, 0.1) is 0 Å². The second-order valence-corrected chi connectivity index (χ2v) is 38.6. The monoisotopic (exact) mass is 1460 g/mol. The zero-order valence-electron chi connectivity index (χ0n) is 67.7. The van der Waals surface area contributed by atoms with Crippen LogP contribution in [-0.2, 0) is 32.5 Å². The summed E-state index contributed by atoms with van der Waals surface area (Å²) in [6.45, 7) is 33.6. The Bertz CT molecular complexity index is 6490. The predicted octanol–water partition coefficient (Wildman–Crippen LogP) is 27.7. The van der Waals surface area contributed by atoms with Crippen LogP contribution >= 0.6 is 0 Å². The van der Waals surface area contributed by atoms with Crippen LogP contribution < -0.4 is 26.2 Å². The summed E-state index contributed by atoms with van der Waals surface area (Å²) < 4.78 is 5.00. The number of fused-ring (bicyclic) bond motifs is 18. The molecule has 4 aliphatic rings. The highest BCUT2D eigenvalue weighted by Gasteiger charge is 2.46. The minimum Gasteiger partial charge on any atom is -0.311 e. The second-order valence-electron chi connectivity index (χ2n) is 38.6. The minimum absolute atomic E-state index is 0.0762. The molecule has 18 aromatic rings. The van der Waals surface area contributed by atoms with Crippen LogP contribution in [0.5, 0.6) is 0 Å². The fourth-order valence-electron chi connectivity index (χ4n) is 21.1. The number of hydrogen-bond donors (Lipinski definition) is 0. The van der Waals surface area contributed by atoms with Crippen LogP contribution in [-0.4, -0.2) is 15.5 Å². The largest absolute Gasteiger partial charge is 0.311 e. The molecule has 6 heterocycles. The van der Waals surface area contributed by atoms with Crippen LogP contribution in [0.3, 0.4) is 0 Å². The van der Waals surface area contributed by atoms with E-state index in [2.05, 4.69) is 389 Å². The van der Waals surface area contributed by atoms with E-state index < -0.39 is 0 Å². The number of hydrogen-bond acceptors (Lipinski definition) is 2. The molecule has 0 saturated heterocycles. The Morgan fingerprint density at radius 1 is 0.257 bits per heavy atom. The van der Waals surface area contributed by atoms with E-state index in [0.29, 0.717) is 0 Å². The molecule has 2 aliphatic carbocycles. The summed E-state index contributed by atoms with van der Waals surface area (Å²) >= 11 is 0. The summed E-state index contributed by atoms with van der Waals surface area (Å²) in [5.74, 6) is 0. The SMILES string of the molecule is CC(C)(C)c1cc(-c2cc3c4c(c2)N(c2ccc(-c5ccc6c(c5)C(C)(C)CCC6(C)C)cc2)c2cc(-c5cc6c7ccccc7n7c8ccccc8c(c5)c67)ccc2B4c2ccc(-c4cc5c6ccccc6n6c7ccccc7c(c4)c56)cc2N3c2ccc(-c3ccc4c(c3)C(C)(C)CCC4(C)C)cc2)cc(C(C)(C)C)c1. The van der Waals surface area contributed by atoms with Gasteiger partial charge in [0.15, 0.2) is 0 Å². The third kappa shape index (κ3) is 10.1. The number of nitrogens with zero attached hydrogens (tertiary/aromatic N) is 4. The van der Waals surface area contributed by atoms with Gasteiger partial charge in [0.05, 0.1) is 33.1 Å². The Hall–Kier alpha value is -11.7. The fourth-order valence-corrected chi connectivity index (χ4v) is 21.1. The quantitative estimate of drug-likeness (QED) is 0.148. The van der Waals surface area contributed by atoms with E-state index in [0.717, 1.165) is 11.4 Å². The Balaban J connectivity index is 0.820. The van der Waals surface area contributed by atoms with E-state index in [-0.39, 0.29) is 39.2 Å². The lowest BCUT2D eigenvalue weighted by Gasteiger charge is -2.45. The van der Waals surface area contributed by atoms with Crippen LogP contribution in [0.2, 0.25) is 0 Å². The number of para-hydroxylation sites is 4. The lowest BCUT2D eigenvalue weighted by molar-refractivity contribution is 0.332. The Kier molecular flexibility index (Phi) is 14.2. The van der Waals surface area contributed by atoms with Crippen molar-refractivity contribution < 1.29 is 0 Å². The molecule has 0 unspecified atom stereocenters. The average molecular weight is 1460 g/mol. The molecule has 22 rings (SSSR count). The van der Waals surface area contributed by atoms with Crippen LogP contribution in [0.1, 0.15) is 156 Å². The van der Waals surface area contributed by atoms with Crippen molar-refractivity contribution in [1.82, 2.24) is 8.80 Å². The number of aromatic nitrogens is 2. The van der Waals surface area contributed by atoms with Gasteiger partial charge in [0.25, 0.3) is 6.71 Å². The van der Waals surface area contributed by atoms with Crippen molar-refractivity contribution >= 4 is 133 Å². The molecule has 0 N–H and O–H groups in total. The lowest BCUT2D eigenvalue weighted by atomic mass is 9.33. The molecule has 2 aliphatic heterocycles. The molecule has 550 valence electrons. The highest BCUT2D eigenvalue weighted by atomic mass is 15.2. The summed E-state index contributed by atoms with van der Waals surface area (Å²) in [5.41, 5.74) is 39.2. The van der Waals surface area contributed by atoms with Gasteiger partial charge >= 0.3 is 0 Å². The van der Waals surface area contributed by atoms with Crippen molar-refractivity contribution in [3.63, 3.8) is 0 Å². The van der Waals surface area contributed by atoms with Gasteiger partial charge < -0.3 is 18.6 Å².